The van der Waals surface area contributed by atoms with E-state index in [0.717, 1.165) is 29.6 Å². The largest absolute Gasteiger partial charge is 1.00 e. The summed E-state index contributed by atoms with van der Waals surface area (Å²) in [6, 6.07) is 19.1. The van der Waals surface area contributed by atoms with Gasteiger partial charge < -0.3 is 37.3 Å². The van der Waals surface area contributed by atoms with Crippen LogP contribution in [-0.2, 0) is 6.42 Å². The molecule has 0 aliphatic rings. The van der Waals surface area contributed by atoms with Crippen LogP contribution in [0.3, 0.4) is 0 Å². The van der Waals surface area contributed by atoms with Gasteiger partial charge in [0, 0.05) is 35.7 Å². The first-order valence-corrected chi connectivity index (χ1v) is 10.3. The van der Waals surface area contributed by atoms with Crippen LogP contribution in [0.2, 0.25) is 0 Å². The number of nitro groups is 1. The lowest BCUT2D eigenvalue weighted by atomic mass is 10.1. The van der Waals surface area contributed by atoms with Crippen LogP contribution < -0.4 is 32.4 Å². The van der Waals surface area contributed by atoms with E-state index in [9.17, 15) is 10.1 Å². The number of ether oxygens (including phenoxy) is 3. The SMILES string of the molecule is [Cl-].[NH3+]CCc1c[nH]c2ccc(OCCOc3ccc(Oc4ccc([N+](=O)[O-])cc4)cc3)cc12. The van der Waals surface area contributed by atoms with Crippen molar-refractivity contribution in [1.29, 1.82) is 0 Å². The van der Waals surface area contributed by atoms with Gasteiger partial charge in [0.05, 0.1) is 11.5 Å². The third kappa shape index (κ3) is 6.15. The molecule has 0 unspecified atom stereocenters. The lowest BCUT2D eigenvalue weighted by Crippen LogP contribution is -3.00. The van der Waals surface area contributed by atoms with E-state index in [1.54, 1.807) is 36.4 Å². The number of nitro benzene ring substituents is 1. The second kappa shape index (κ2) is 11.2. The number of nitrogens with zero attached hydrogens (tertiary/aromatic N) is 1. The number of halogens is 1. The molecule has 8 nitrogen and oxygen atoms in total. The molecule has 0 fully saturated rings. The van der Waals surface area contributed by atoms with Gasteiger partial charge >= 0.3 is 0 Å². The Morgan fingerprint density at radius 3 is 2.06 bits per heavy atom. The Morgan fingerprint density at radius 2 is 1.42 bits per heavy atom. The molecule has 9 heteroatoms. The monoisotopic (exact) mass is 469 g/mol. The maximum Gasteiger partial charge on any atom is 0.269 e. The molecule has 0 spiro atoms. The highest BCUT2D eigenvalue weighted by Gasteiger charge is 2.07. The van der Waals surface area contributed by atoms with Gasteiger partial charge in [-0.15, -0.1) is 0 Å². The number of quaternary nitrogens is 1. The minimum absolute atomic E-state index is 0. The van der Waals surface area contributed by atoms with Gasteiger partial charge in [-0.25, -0.2) is 0 Å². The van der Waals surface area contributed by atoms with Gasteiger partial charge in [-0.3, -0.25) is 10.1 Å². The van der Waals surface area contributed by atoms with Gasteiger partial charge in [-0.05, 0) is 60.2 Å². The summed E-state index contributed by atoms with van der Waals surface area (Å²) in [4.78, 5) is 13.5. The molecule has 0 bridgehead atoms. The molecule has 172 valence electrons. The van der Waals surface area contributed by atoms with Gasteiger partial charge in [0.15, 0.2) is 0 Å². The molecule has 4 N–H and O–H groups in total. The number of fused-ring (bicyclic) bond motifs is 1. The molecule has 0 saturated heterocycles. The summed E-state index contributed by atoms with van der Waals surface area (Å²) in [5, 5.41) is 11.9. The molecule has 3 aromatic carbocycles. The number of aromatic nitrogens is 1. The van der Waals surface area contributed by atoms with Crippen LogP contribution in [0, 0.1) is 10.1 Å². The smallest absolute Gasteiger partial charge is 0.269 e. The summed E-state index contributed by atoms with van der Waals surface area (Å²) in [6.07, 6.45) is 2.95. The summed E-state index contributed by atoms with van der Waals surface area (Å²) in [7, 11) is 0. The zero-order valence-corrected chi connectivity index (χ0v) is 18.6. The van der Waals surface area contributed by atoms with E-state index >= 15 is 0 Å². The predicted octanol–water partition coefficient (Wildman–Crippen LogP) is 1.11. The highest BCUT2D eigenvalue weighted by molar-refractivity contribution is 5.84. The molecule has 1 heterocycles. The zero-order chi connectivity index (χ0) is 22.3. The number of nitrogens with one attached hydrogen (secondary N) is 1. The first-order chi connectivity index (χ1) is 15.6. The standard InChI is InChI=1S/C24H23N3O5.ClH/c25-12-11-17-16-26-24-10-9-22(15-23(17)24)31-14-13-30-19-5-7-21(8-6-19)32-20-3-1-18(2-4-20)27(28)29;/h1-10,15-16,26H,11-14,25H2;1H. The second-order valence-corrected chi connectivity index (χ2v) is 7.15. The van der Waals surface area contributed by atoms with Crippen LogP contribution in [0.25, 0.3) is 10.9 Å². The van der Waals surface area contributed by atoms with Crippen molar-refractivity contribution in [2.45, 2.75) is 6.42 Å². The molecule has 0 atom stereocenters. The fourth-order valence-electron chi connectivity index (χ4n) is 3.34. The first-order valence-electron chi connectivity index (χ1n) is 10.3. The van der Waals surface area contributed by atoms with Crippen LogP contribution in [-0.4, -0.2) is 29.7 Å². The van der Waals surface area contributed by atoms with Gasteiger partial charge in [0.2, 0.25) is 0 Å². The van der Waals surface area contributed by atoms with Crippen LogP contribution in [0.4, 0.5) is 5.69 Å². The Hall–Kier alpha value is -3.75. The third-order valence-electron chi connectivity index (χ3n) is 4.91. The van der Waals surface area contributed by atoms with E-state index in [1.165, 1.54) is 17.7 Å². The number of hydrogen-bond acceptors (Lipinski definition) is 5. The van der Waals surface area contributed by atoms with E-state index < -0.39 is 4.92 Å². The molecule has 33 heavy (non-hydrogen) atoms. The summed E-state index contributed by atoms with van der Waals surface area (Å²) >= 11 is 0. The summed E-state index contributed by atoms with van der Waals surface area (Å²) in [6.45, 7) is 1.67. The average Bonchev–Trinajstić information content (AvgIpc) is 3.20. The molecular weight excluding hydrogens is 446 g/mol. The second-order valence-electron chi connectivity index (χ2n) is 7.15. The minimum Gasteiger partial charge on any atom is -1.00 e. The fraction of sp³-hybridized carbons (Fsp3) is 0.167. The summed E-state index contributed by atoms with van der Waals surface area (Å²) in [5.74, 6) is 2.64. The van der Waals surface area contributed by atoms with E-state index in [1.807, 2.05) is 24.4 Å². The molecule has 4 rings (SSSR count). The van der Waals surface area contributed by atoms with Crippen LogP contribution in [0.15, 0.2) is 72.9 Å². The fourth-order valence-corrected chi connectivity index (χ4v) is 3.34. The molecule has 0 aliphatic carbocycles. The zero-order valence-electron chi connectivity index (χ0n) is 17.8. The van der Waals surface area contributed by atoms with Crippen molar-refractivity contribution in [3.63, 3.8) is 0 Å². The van der Waals surface area contributed by atoms with Gasteiger partial charge in [-0.2, -0.15) is 0 Å². The first kappa shape index (κ1) is 23.9. The van der Waals surface area contributed by atoms with Crippen molar-refractivity contribution >= 4 is 16.6 Å². The van der Waals surface area contributed by atoms with E-state index in [0.29, 0.717) is 30.5 Å². The summed E-state index contributed by atoms with van der Waals surface area (Å²) < 4.78 is 17.3. The van der Waals surface area contributed by atoms with Crippen LogP contribution in [0.1, 0.15) is 5.56 Å². The van der Waals surface area contributed by atoms with Crippen molar-refractivity contribution < 1.29 is 37.3 Å². The number of aromatic amines is 1. The van der Waals surface area contributed by atoms with Crippen LogP contribution >= 0.6 is 0 Å². The number of non-ortho nitro benzene ring substituents is 1. The van der Waals surface area contributed by atoms with Crippen LogP contribution in [0.5, 0.6) is 23.0 Å². The maximum atomic E-state index is 10.7. The van der Waals surface area contributed by atoms with Crippen molar-refractivity contribution in [2.24, 2.45) is 0 Å². The predicted molar refractivity (Wildman–Crippen MR) is 120 cm³/mol. The van der Waals surface area contributed by atoms with Crippen molar-refractivity contribution in [3.8, 4) is 23.0 Å². The van der Waals surface area contributed by atoms with Gasteiger partial charge in [0.25, 0.3) is 5.69 Å². The molecule has 0 radical (unpaired) electrons. The number of rotatable bonds is 10. The quantitative estimate of drug-likeness (QED) is 0.205. The number of H-pyrrole nitrogens is 1. The minimum atomic E-state index is -0.445. The van der Waals surface area contributed by atoms with Crippen molar-refractivity contribution in [3.05, 3.63) is 88.6 Å². The molecule has 0 aliphatic heterocycles. The molecule has 1 aromatic heterocycles. The summed E-state index contributed by atoms with van der Waals surface area (Å²) in [5.41, 5.74) is 6.28. The molecule has 4 aromatic rings. The molecule has 0 saturated carbocycles. The number of hydrogen-bond donors (Lipinski definition) is 2. The Balaban J connectivity index is 0.00000306. The highest BCUT2D eigenvalue weighted by Crippen LogP contribution is 2.26. The molecular formula is C24H24ClN3O5. The third-order valence-corrected chi connectivity index (χ3v) is 4.91. The van der Waals surface area contributed by atoms with Crippen molar-refractivity contribution in [1.82, 2.24) is 4.98 Å². The van der Waals surface area contributed by atoms with E-state index in [-0.39, 0.29) is 18.1 Å². The van der Waals surface area contributed by atoms with E-state index in [4.69, 9.17) is 14.2 Å². The Kier molecular flexibility index (Phi) is 8.12. The maximum absolute atomic E-state index is 10.7. The van der Waals surface area contributed by atoms with Crippen molar-refractivity contribution in [2.75, 3.05) is 19.8 Å². The van der Waals surface area contributed by atoms with E-state index in [2.05, 4.69) is 10.7 Å². The Morgan fingerprint density at radius 1 is 0.848 bits per heavy atom. The van der Waals surface area contributed by atoms with Gasteiger partial charge in [0.1, 0.15) is 36.2 Å². The Bertz CT molecular complexity index is 1190. The Labute approximate surface area is 196 Å². The number of benzene rings is 3. The topological polar surface area (TPSA) is 114 Å². The normalized spacial score (nSPS) is 10.5. The lowest BCUT2D eigenvalue weighted by Gasteiger charge is -2.10. The van der Waals surface area contributed by atoms with Gasteiger partial charge in [-0.1, -0.05) is 0 Å². The lowest BCUT2D eigenvalue weighted by molar-refractivity contribution is -0.384. The highest BCUT2D eigenvalue weighted by atomic mass is 35.5. The molecule has 0 amide bonds. The average molecular weight is 470 g/mol.